The third kappa shape index (κ3) is 3.78. The molecular weight excluding hydrogens is 266 g/mol. The van der Waals surface area contributed by atoms with Gasteiger partial charge in [0.1, 0.15) is 0 Å². The molecule has 0 aliphatic rings. The SMILES string of the molecule is CCCNC(=O)COC(=O)Cc1cn2ccsc2n1. The van der Waals surface area contributed by atoms with Crippen molar-refractivity contribution in [1.82, 2.24) is 14.7 Å². The van der Waals surface area contributed by atoms with Gasteiger partial charge < -0.3 is 10.1 Å². The summed E-state index contributed by atoms with van der Waals surface area (Å²) in [4.78, 5) is 27.9. The highest BCUT2D eigenvalue weighted by atomic mass is 32.1. The zero-order chi connectivity index (χ0) is 13.7. The number of nitrogens with zero attached hydrogens (tertiary/aromatic N) is 2. The Hall–Kier alpha value is -1.89. The molecule has 1 N–H and O–H groups in total. The summed E-state index contributed by atoms with van der Waals surface area (Å²) in [6, 6.07) is 0. The Morgan fingerprint density at radius 1 is 1.53 bits per heavy atom. The van der Waals surface area contributed by atoms with Crippen LogP contribution in [-0.4, -0.2) is 34.4 Å². The largest absolute Gasteiger partial charge is 0.455 e. The molecule has 0 aromatic carbocycles. The maximum absolute atomic E-state index is 11.5. The van der Waals surface area contributed by atoms with Gasteiger partial charge in [-0.1, -0.05) is 6.92 Å². The van der Waals surface area contributed by atoms with Crippen LogP contribution in [0.4, 0.5) is 0 Å². The third-order valence-corrected chi connectivity index (χ3v) is 3.18. The number of ether oxygens (including phenoxy) is 1. The number of imidazole rings is 1. The second-order valence-corrected chi connectivity index (χ2v) is 4.89. The van der Waals surface area contributed by atoms with Gasteiger partial charge in [0, 0.05) is 24.3 Å². The van der Waals surface area contributed by atoms with E-state index in [1.807, 2.05) is 22.9 Å². The fourth-order valence-electron chi connectivity index (χ4n) is 1.52. The average Bonchev–Trinajstić information content (AvgIpc) is 2.94. The molecule has 102 valence electrons. The molecule has 0 radical (unpaired) electrons. The monoisotopic (exact) mass is 281 g/mol. The lowest BCUT2D eigenvalue weighted by atomic mass is 10.3. The summed E-state index contributed by atoms with van der Waals surface area (Å²) in [5, 5.41) is 4.55. The maximum Gasteiger partial charge on any atom is 0.312 e. The van der Waals surface area contributed by atoms with Crippen LogP contribution in [0, 0.1) is 0 Å². The first kappa shape index (κ1) is 13.5. The number of carbonyl (C=O) groups excluding carboxylic acids is 2. The minimum Gasteiger partial charge on any atom is -0.455 e. The molecule has 0 fully saturated rings. The number of amides is 1. The summed E-state index contributed by atoms with van der Waals surface area (Å²) in [7, 11) is 0. The Balaban J connectivity index is 1.78. The van der Waals surface area contributed by atoms with Gasteiger partial charge in [0.05, 0.1) is 12.1 Å². The van der Waals surface area contributed by atoms with Crippen molar-refractivity contribution >= 4 is 28.2 Å². The Kier molecular flexibility index (Phi) is 4.51. The van der Waals surface area contributed by atoms with E-state index in [4.69, 9.17) is 4.74 Å². The van der Waals surface area contributed by atoms with E-state index < -0.39 is 5.97 Å². The van der Waals surface area contributed by atoms with E-state index in [0.29, 0.717) is 12.2 Å². The van der Waals surface area contributed by atoms with E-state index in [1.165, 1.54) is 11.3 Å². The van der Waals surface area contributed by atoms with Crippen molar-refractivity contribution in [3.8, 4) is 0 Å². The van der Waals surface area contributed by atoms with Crippen LogP contribution in [0.1, 0.15) is 19.0 Å². The number of hydrogen-bond acceptors (Lipinski definition) is 5. The number of aromatic nitrogens is 2. The Morgan fingerprint density at radius 2 is 2.37 bits per heavy atom. The molecule has 6 nitrogen and oxygen atoms in total. The fourth-order valence-corrected chi connectivity index (χ4v) is 2.24. The number of esters is 1. The van der Waals surface area contributed by atoms with Gasteiger partial charge in [0.2, 0.25) is 0 Å². The van der Waals surface area contributed by atoms with Crippen LogP contribution in [0.5, 0.6) is 0 Å². The van der Waals surface area contributed by atoms with Gasteiger partial charge in [0.25, 0.3) is 5.91 Å². The lowest BCUT2D eigenvalue weighted by molar-refractivity contribution is -0.147. The summed E-state index contributed by atoms with van der Waals surface area (Å²) < 4.78 is 6.73. The molecule has 19 heavy (non-hydrogen) atoms. The molecule has 2 aromatic heterocycles. The van der Waals surface area contributed by atoms with Crippen LogP contribution in [0.3, 0.4) is 0 Å². The van der Waals surface area contributed by atoms with Crippen LogP contribution in [-0.2, 0) is 20.7 Å². The fraction of sp³-hybridized carbons (Fsp3) is 0.417. The molecule has 0 saturated carbocycles. The second-order valence-electron chi connectivity index (χ2n) is 4.01. The quantitative estimate of drug-likeness (QED) is 0.802. The molecule has 7 heteroatoms. The van der Waals surface area contributed by atoms with E-state index in [0.717, 1.165) is 11.4 Å². The molecule has 0 aliphatic carbocycles. The van der Waals surface area contributed by atoms with Gasteiger partial charge in [-0.2, -0.15) is 0 Å². The molecular formula is C12H15N3O3S. The summed E-state index contributed by atoms with van der Waals surface area (Å²) >= 11 is 1.50. The van der Waals surface area contributed by atoms with Crippen LogP contribution >= 0.6 is 11.3 Å². The standard InChI is InChI=1S/C12H15N3O3S/c1-2-3-13-10(16)8-18-11(17)6-9-7-15-4-5-19-12(15)14-9/h4-5,7H,2-3,6,8H2,1H3,(H,13,16). The lowest BCUT2D eigenvalue weighted by Crippen LogP contribution is -2.29. The number of thiazole rings is 1. The van der Waals surface area contributed by atoms with Gasteiger partial charge >= 0.3 is 5.97 Å². The van der Waals surface area contributed by atoms with Crippen LogP contribution < -0.4 is 5.32 Å². The number of fused-ring (bicyclic) bond motifs is 1. The van der Waals surface area contributed by atoms with E-state index in [2.05, 4.69) is 10.3 Å². The van der Waals surface area contributed by atoms with Crippen molar-refractivity contribution in [3.63, 3.8) is 0 Å². The minimum absolute atomic E-state index is 0.0788. The Morgan fingerprint density at radius 3 is 3.11 bits per heavy atom. The van der Waals surface area contributed by atoms with Crippen LogP contribution in [0.15, 0.2) is 17.8 Å². The van der Waals surface area contributed by atoms with Gasteiger partial charge in [0.15, 0.2) is 11.6 Å². The molecule has 0 bridgehead atoms. The zero-order valence-electron chi connectivity index (χ0n) is 10.6. The van der Waals surface area contributed by atoms with E-state index >= 15 is 0 Å². The van der Waals surface area contributed by atoms with E-state index in [9.17, 15) is 9.59 Å². The normalized spacial score (nSPS) is 10.6. The summed E-state index contributed by atoms with van der Waals surface area (Å²) in [6.07, 6.45) is 4.59. The summed E-state index contributed by atoms with van der Waals surface area (Å²) in [5.74, 6) is -0.724. The smallest absolute Gasteiger partial charge is 0.312 e. The molecule has 2 heterocycles. The summed E-state index contributed by atoms with van der Waals surface area (Å²) in [5.41, 5.74) is 0.644. The average molecular weight is 281 g/mol. The number of nitrogens with one attached hydrogen (secondary N) is 1. The minimum atomic E-state index is -0.447. The molecule has 0 spiro atoms. The lowest BCUT2D eigenvalue weighted by Gasteiger charge is -2.04. The Labute approximate surface area is 114 Å². The maximum atomic E-state index is 11.5. The first-order chi connectivity index (χ1) is 9.19. The number of hydrogen-bond donors (Lipinski definition) is 1. The van der Waals surface area contributed by atoms with E-state index in [1.54, 1.807) is 6.20 Å². The molecule has 1 amide bonds. The molecule has 2 rings (SSSR count). The predicted molar refractivity (Wildman–Crippen MR) is 71.0 cm³/mol. The van der Waals surface area contributed by atoms with Gasteiger partial charge in [-0.15, -0.1) is 11.3 Å². The van der Waals surface area contributed by atoms with Crippen molar-refractivity contribution in [3.05, 3.63) is 23.5 Å². The first-order valence-corrected chi connectivity index (χ1v) is 6.90. The second kappa shape index (κ2) is 6.33. The van der Waals surface area contributed by atoms with Gasteiger partial charge in [-0.3, -0.25) is 14.0 Å². The van der Waals surface area contributed by atoms with Crippen molar-refractivity contribution in [2.75, 3.05) is 13.2 Å². The van der Waals surface area contributed by atoms with Crippen molar-refractivity contribution < 1.29 is 14.3 Å². The highest BCUT2D eigenvalue weighted by molar-refractivity contribution is 7.15. The van der Waals surface area contributed by atoms with Crippen LogP contribution in [0.2, 0.25) is 0 Å². The molecule has 0 saturated heterocycles. The van der Waals surface area contributed by atoms with E-state index in [-0.39, 0.29) is 18.9 Å². The number of carbonyl (C=O) groups is 2. The van der Waals surface area contributed by atoms with Gasteiger partial charge in [-0.05, 0) is 6.42 Å². The van der Waals surface area contributed by atoms with Crippen molar-refractivity contribution in [2.24, 2.45) is 0 Å². The summed E-state index contributed by atoms with van der Waals surface area (Å²) in [6.45, 7) is 2.31. The third-order valence-electron chi connectivity index (χ3n) is 2.41. The number of rotatable bonds is 6. The molecule has 0 aliphatic heterocycles. The highest BCUT2D eigenvalue weighted by Crippen LogP contribution is 2.11. The first-order valence-electron chi connectivity index (χ1n) is 6.02. The van der Waals surface area contributed by atoms with Gasteiger partial charge in [-0.25, -0.2) is 4.98 Å². The molecule has 0 unspecified atom stereocenters. The highest BCUT2D eigenvalue weighted by Gasteiger charge is 2.11. The Bertz CT molecular complexity index is 547. The zero-order valence-corrected chi connectivity index (χ0v) is 11.4. The molecule has 0 atom stereocenters. The van der Waals surface area contributed by atoms with Crippen molar-refractivity contribution in [1.29, 1.82) is 0 Å². The van der Waals surface area contributed by atoms with Crippen LogP contribution in [0.25, 0.3) is 4.96 Å². The predicted octanol–water partition coefficient (Wildman–Crippen LogP) is 1.01. The topological polar surface area (TPSA) is 72.7 Å². The molecule has 2 aromatic rings. The van der Waals surface area contributed by atoms with Crippen molar-refractivity contribution in [2.45, 2.75) is 19.8 Å².